The van der Waals surface area contributed by atoms with Crippen LogP contribution in [0, 0.1) is 0 Å². The first-order valence-electron chi connectivity index (χ1n) is 2.48. The van der Waals surface area contributed by atoms with E-state index in [4.69, 9.17) is 5.11 Å². The van der Waals surface area contributed by atoms with Gasteiger partial charge in [-0.25, -0.2) is 0 Å². The van der Waals surface area contributed by atoms with E-state index in [1.54, 1.807) is 7.05 Å². The normalized spacial score (nSPS) is 9.89. The van der Waals surface area contributed by atoms with Crippen molar-refractivity contribution in [2.45, 2.75) is 6.42 Å². The van der Waals surface area contributed by atoms with Crippen molar-refractivity contribution >= 4 is 12.2 Å². The molecule has 3 nitrogen and oxygen atoms in total. The highest BCUT2D eigenvalue weighted by Crippen LogP contribution is 1.91. The lowest BCUT2D eigenvalue weighted by Gasteiger charge is -1.89. The molecule has 1 N–H and O–H groups in total. The summed E-state index contributed by atoms with van der Waals surface area (Å²) >= 11 is 0. The Balaban J connectivity index is 3.64. The Bertz CT molecular complexity index is 149. The van der Waals surface area contributed by atoms with E-state index >= 15 is 0 Å². The van der Waals surface area contributed by atoms with E-state index in [0.29, 0.717) is 5.57 Å². The van der Waals surface area contributed by atoms with Gasteiger partial charge in [-0.2, -0.15) is 0 Å². The zero-order valence-electron chi connectivity index (χ0n) is 5.29. The van der Waals surface area contributed by atoms with Crippen LogP contribution in [0.25, 0.3) is 0 Å². The summed E-state index contributed by atoms with van der Waals surface area (Å²) in [6.45, 7) is 3.45. The molecular formula is C6H9NO2. The molecule has 0 fully saturated rings. The molecule has 0 spiro atoms. The standard InChI is InChI=1S/C6H9NO2/c1-5(4-7-2)3-6(8)9/h4H,1,3H2,2H3,(H,8,9)/b7-4-. The van der Waals surface area contributed by atoms with Crippen molar-refractivity contribution in [1.29, 1.82) is 0 Å². The van der Waals surface area contributed by atoms with E-state index in [2.05, 4.69) is 11.6 Å². The van der Waals surface area contributed by atoms with Crippen LogP contribution in [0.2, 0.25) is 0 Å². The molecule has 0 aromatic rings. The number of carboxylic acids is 1. The number of carboxylic acid groups (broad SMARTS) is 1. The van der Waals surface area contributed by atoms with Gasteiger partial charge < -0.3 is 5.11 Å². The molecular weight excluding hydrogens is 118 g/mol. The zero-order valence-corrected chi connectivity index (χ0v) is 5.29. The molecule has 0 atom stereocenters. The number of carbonyl (C=O) groups is 1. The quantitative estimate of drug-likeness (QED) is 0.568. The minimum absolute atomic E-state index is 0.0304. The Labute approximate surface area is 53.7 Å². The van der Waals surface area contributed by atoms with Crippen molar-refractivity contribution in [3.05, 3.63) is 12.2 Å². The van der Waals surface area contributed by atoms with Crippen molar-refractivity contribution in [3.63, 3.8) is 0 Å². The fourth-order valence-electron chi connectivity index (χ4n) is 0.422. The molecule has 0 amide bonds. The van der Waals surface area contributed by atoms with Gasteiger partial charge in [0.1, 0.15) is 0 Å². The molecule has 0 saturated carbocycles. The van der Waals surface area contributed by atoms with Crippen molar-refractivity contribution in [2.75, 3.05) is 7.05 Å². The van der Waals surface area contributed by atoms with E-state index in [9.17, 15) is 4.79 Å². The third kappa shape index (κ3) is 4.74. The molecule has 50 valence electrons. The Morgan fingerprint density at radius 1 is 1.89 bits per heavy atom. The van der Waals surface area contributed by atoms with Gasteiger partial charge in [0.15, 0.2) is 0 Å². The highest BCUT2D eigenvalue weighted by atomic mass is 16.4. The molecule has 9 heavy (non-hydrogen) atoms. The summed E-state index contributed by atoms with van der Waals surface area (Å²) in [6.07, 6.45) is 1.41. The Morgan fingerprint density at radius 2 is 2.44 bits per heavy atom. The minimum Gasteiger partial charge on any atom is -0.481 e. The summed E-state index contributed by atoms with van der Waals surface area (Å²) in [5.41, 5.74) is 0.519. The van der Waals surface area contributed by atoms with Crippen LogP contribution in [0.3, 0.4) is 0 Å². The van der Waals surface area contributed by atoms with Crippen molar-refractivity contribution in [3.8, 4) is 0 Å². The fraction of sp³-hybridized carbons (Fsp3) is 0.333. The lowest BCUT2D eigenvalue weighted by atomic mass is 10.2. The summed E-state index contributed by atoms with van der Waals surface area (Å²) in [4.78, 5) is 13.6. The first kappa shape index (κ1) is 7.88. The van der Waals surface area contributed by atoms with Gasteiger partial charge in [0.05, 0.1) is 6.42 Å². The van der Waals surface area contributed by atoms with Crippen LogP contribution in [0.1, 0.15) is 6.42 Å². The van der Waals surface area contributed by atoms with E-state index in [0.717, 1.165) is 0 Å². The maximum Gasteiger partial charge on any atom is 0.307 e. The average Bonchev–Trinajstić information content (AvgIpc) is 1.63. The number of hydrogen-bond acceptors (Lipinski definition) is 2. The van der Waals surface area contributed by atoms with Crippen molar-refractivity contribution in [1.82, 2.24) is 0 Å². The smallest absolute Gasteiger partial charge is 0.307 e. The summed E-state index contributed by atoms with van der Waals surface area (Å²) in [6, 6.07) is 0. The summed E-state index contributed by atoms with van der Waals surface area (Å²) in [7, 11) is 1.58. The molecule has 0 heterocycles. The van der Waals surface area contributed by atoms with Crippen LogP contribution in [0.4, 0.5) is 0 Å². The minimum atomic E-state index is -0.875. The van der Waals surface area contributed by atoms with Crippen molar-refractivity contribution < 1.29 is 9.90 Å². The first-order chi connectivity index (χ1) is 4.16. The predicted octanol–water partition coefficient (Wildman–Crippen LogP) is 0.718. The van der Waals surface area contributed by atoms with Gasteiger partial charge in [0.25, 0.3) is 0 Å². The maximum atomic E-state index is 9.96. The molecule has 0 saturated heterocycles. The number of aliphatic imine (C=N–C) groups is 1. The number of rotatable bonds is 3. The second-order valence-corrected chi connectivity index (χ2v) is 1.62. The van der Waals surface area contributed by atoms with Gasteiger partial charge in [-0.3, -0.25) is 9.79 Å². The highest BCUT2D eigenvalue weighted by molar-refractivity contribution is 5.85. The lowest BCUT2D eigenvalue weighted by molar-refractivity contribution is -0.136. The molecule has 0 radical (unpaired) electrons. The molecule has 0 bridgehead atoms. The first-order valence-corrected chi connectivity index (χ1v) is 2.48. The lowest BCUT2D eigenvalue weighted by Crippen LogP contribution is -1.96. The van der Waals surface area contributed by atoms with Crippen LogP contribution in [0.15, 0.2) is 17.1 Å². The number of nitrogens with zero attached hydrogens (tertiary/aromatic N) is 1. The SMILES string of the molecule is C=C(/C=N\C)CC(=O)O. The van der Waals surface area contributed by atoms with Crippen LogP contribution in [-0.2, 0) is 4.79 Å². The number of hydrogen-bond donors (Lipinski definition) is 1. The van der Waals surface area contributed by atoms with E-state index < -0.39 is 5.97 Å². The molecule has 0 aliphatic carbocycles. The van der Waals surface area contributed by atoms with Gasteiger partial charge in [-0.1, -0.05) is 6.58 Å². The Kier molecular flexibility index (Phi) is 3.35. The zero-order chi connectivity index (χ0) is 7.28. The molecule has 3 heteroatoms. The average molecular weight is 127 g/mol. The van der Waals surface area contributed by atoms with Gasteiger partial charge in [0.2, 0.25) is 0 Å². The highest BCUT2D eigenvalue weighted by Gasteiger charge is 1.96. The predicted molar refractivity (Wildman–Crippen MR) is 35.8 cm³/mol. The summed E-state index contributed by atoms with van der Waals surface area (Å²) in [5, 5.41) is 8.19. The third-order valence-corrected chi connectivity index (χ3v) is 0.690. The largest absolute Gasteiger partial charge is 0.481 e. The Morgan fingerprint density at radius 3 is 2.78 bits per heavy atom. The van der Waals surface area contributed by atoms with Gasteiger partial charge in [0, 0.05) is 13.3 Å². The van der Waals surface area contributed by atoms with Gasteiger partial charge in [-0.15, -0.1) is 0 Å². The van der Waals surface area contributed by atoms with Crippen LogP contribution < -0.4 is 0 Å². The van der Waals surface area contributed by atoms with Gasteiger partial charge >= 0.3 is 5.97 Å². The summed E-state index contributed by atoms with van der Waals surface area (Å²) in [5.74, 6) is -0.875. The molecule has 0 aromatic heterocycles. The summed E-state index contributed by atoms with van der Waals surface area (Å²) < 4.78 is 0. The van der Waals surface area contributed by atoms with Gasteiger partial charge in [-0.05, 0) is 5.57 Å². The molecule has 0 unspecified atom stereocenters. The van der Waals surface area contributed by atoms with Crippen LogP contribution in [-0.4, -0.2) is 24.3 Å². The topological polar surface area (TPSA) is 49.7 Å². The molecule has 0 aliphatic rings. The van der Waals surface area contributed by atoms with E-state index in [1.807, 2.05) is 0 Å². The molecule has 0 aliphatic heterocycles. The second-order valence-electron chi connectivity index (χ2n) is 1.62. The Hall–Kier alpha value is -1.12. The number of aliphatic carboxylic acids is 1. The van der Waals surface area contributed by atoms with Crippen LogP contribution >= 0.6 is 0 Å². The second kappa shape index (κ2) is 3.83. The van der Waals surface area contributed by atoms with E-state index in [1.165, 1.54) is 6.21 Å². The van der Waals surface area contributed by atoms with Crippen molar-refractivity contribution in [2.24, 2.45) is 4.99 Å². The fourth-order valence-corrected chi connectivity index (χ4v) is 0.422. The molecule has 0 rings (SSSR count). The third-order valence-electron chi connectivity index (χ3n) is 0.690. The van der Waals surface area contributed by atoms with E-state index in [-0.39, 0.29) is 6.42 Å². The monoisotopic (exact) mass is 127 g/mol. The maximum absolute atomic E-state index is 9.96. The van der Waals surface area contributed by atoms with Crippen LogP contribution in [0.5, 0.6) is 0 Å². The molecule has 0 aromatic carbocycles.